The van der Waals surface area contributed by atoms with Gasteiger partial charge >= 0.3 is 0 Å². The molecule has 0 aliphatic heterocycles. The van der Waals surface area contributed by atoms with Crippen LogP contribution >= 0.6 is 0 Å². The molecule has 1 heterocycles. The highest BCUT2D eigenvalue weighted by Crippen LogP contribution is 2.45. The fourth-order valence-corrected chi connectivity index (χ4v) is 1.46. The molecule has 1 aliphatic rings. The molecule has 11 heavy (non-hydrogen) atoms. The van der Waals surface area contributed by atoms with Crippen molar-refractivity contribution in [3.8, 4) is 0 Å². The molecule has 1 aliphatic carbocycles. The minimum atomic E-state index is 0.630. The fourth-order valence-electron chi connectivity index (χ4n) is 1.46. The summed E-state index contributed by atoms with van der Waals surface area (Å²) in [6.07, 6.45) is 4.90. The van der Waals surface area contributed by atoms with Gasteiger partial charge in [0.15, 0.2) is 0 Å². The zero-order chi connectivity index (χ0) is 7.68. The van der Waals surface area contributed by atoms with Crippen LogP contribution in [0.5, 0.6) is 0 Å². The van der Waals surface area contributed by atoms with Gasteiger partial charge in [-0.2, -0.15) is 0 Å². The molecule has 1 aromatic heterocycles. The molecule has 0 bridgehead atoms. The van der Waals surface area contributed by atoms with Crippen LogP contribution in [0.4, 0.5) is 0 Å². The minimum Gasteiger partial charge on any atom is -0.384 e. The molecule has 3 nitrogen and oxygen atoms in total. The van der Waals surface area contributed by atoms with Crippen LogP contribution in [-0.4, -0.2) is 23.7 Å². The first-order valence-corrected chi connectivity index (χ1v) is 3.90. The molecule has 0 aromatic carbocycles. The van der Waals surface area contributed by atoms with Crippen LogP contribution < -0.4 is 0 Å². The lowest BCUT2D eigenvalue weighted by Gasteiger charge is -1.94. The Morgan fingerprint density at radius 2 is 2.73 bits per heavy atom. The average molecular weight is 152 g/mol. The van der Waals surface area contributed by atoms with Gasteiger partial charge in [-0.15, -0.1) is 0 Å². The summed E-state index contributed by atoms with van der Waals surface area (Å²) >= 11 is 0. The number of nitrogens with one attached hydrogen (secondary N) is 1. The van der Waals surface area contributed by atoms with Crippen LogP contribution in [-0.2, 0) is 4.74 Å². The Labute approximate surface area is 65.8 Å². The number of methoxy groups -OCH3 is 1. The molecule has 0 amide bonds. The summed E-state index contributed by atoms with van der Waals surface area (Å²) in [6, 6.07) is 0. The number of nitrogens with zero attached hydrogens (tertiary/aromatic N) is 1. The van der Waals surface area contributed by atoms with E-state index in [-0.39, 0.29) is 0 Å². The van der Waals surface area contributed by atoms with Crippen LogP contribution in [0.25, 0.3) is 0 Å². The summed E-state index contributed by atoms with van der Waals surface area (Å²) in [7, 11) is 1.75. The summed E-state index contributed by atoms with van der Waals surface area (Å²) in [5, 5.41) is 0. The lowest BCUT2D eigenvalue weighted by Crippen LogP contribution is -1.93. The molecule has 3 heteroatoms. The second-order valence-electron chi connectivity index (χ2n) is 3.03. The van der Waals surface area contributed by atoms with Gasteiger partial charge in [-0.1, -0.05) is 0 Å². The summed E-state index contributed by atoms with van der Waals surface area (Å²) in [5.41, 5.74) is 0. The van der Waals surface area contributed by atoms with Gasteiger partial charge in [-0.3, -0.25) is 0 Å². The van der Waals surface area contributed by atoms with E-state index in [0.717, 1.165) is 12.4 Å². The van der Waals surface area contributed by atoms with E-state index in [0.29, 0.717) is 11.8 Å². The van der Waals surface area contributed by atoms with Gasteiger partial charge < -0.3 is 9.72 Å². The van der Waals surface area contributed by atoms with Crippen molar-refractivity contribution in [3.63, 3.8) is 0 Å². The fraction of sp³-hybridized carbons (Fsp3) is 0.625. The van der Waals surface area contributed by atoms with Crippen molar-refractivity contribution < 1.29 is 4.74 Å². The Bertz CT molecular complexity index is 220. The first-order valence-electron chi connectivity index (χ1n) is 3.90. The lowest BCUT2D eigenvalue weighted by molar-refractivity contribution is 0.184. The Morgan fingerprint density at radius 1 is 1.82 bits per heavy atom. The summed E-state index contributed by atoms with van der Waals surface area (Å²) in [4.78, 5) is 7.32. The van der Waals surface area contributed by atoms with Gasteiger partial charge in [0.05, 0.1) is 0 Å². The van der Waals surface area contributed by atoms with Gasteiger partial charge in [-0.05, 0) is 12.3 Å². The van der Waals surface area contributed by atoms with Crippen molar-refractivity contribution in [1.82, 2.24) is 9.97 Å². The quantitative estimate of drug-likeness (QED) is 0.705. The van der Waals surface area contributed by atoms with Gasteiger partial charge in [0.2, 0.25) is 0 Å². The number of rotatable bonds is 3. The zero-order valence-corrected chi connectivity index (χ0v) is 6.58. The molecule has 1 N–H and O–H groups in total. The zero-order valence-electron chi connectivity index (χ0n) is 6.58. The molecule has 2 atom stereocenters. The third-order valence-electron chi connectivity index (χ3n) is 2.17. The van der Waals surface area contributed by atoms with Crippen LogP contribution in [0.15, 0.2) is 12.4 Å². The van der Waals surface area contributed by atoms with Gasteiger partial charge in [0.1, 0.15) is 5.82 Å². The Morgan fingerprint density at radius 3 is 3.36 bits per heavy atom. The average Bonchev–Trinajstić information content (AvgIpc) is 2.61. The van der Waals surface area contributed by atoms with Crippen molar-refractivity contribution in [3.05, 3.63) is 18.2 Å². The van der Waals surface area contributed by atoms with Crippen LogP contribution in [0.2, 0.25) is 0 Å². The maximum Gasteiger partial charge on any atom is 0.109 e. The van der Waals surface area contributed by atoms with Crippen molar-refractivity contribution >= 4 is 0 Å². The van der Waals surface area contributed by atoms with Crippen molar-refractivity contribution in [2.45, 2.75) is 12.3 Å². The molecule has 2 unspecified atom stereocenters. The Balaban J connectivity index is 1.92. The molecule has 0 spiro atoms. The Kier molecular flexibility index (Phi) is 1.66. The molecular formula is C8H12N2O. The number of hydrogen-bond donors (Lipinski definition) is 1. The highest BCUT2D eigenvalue weighted by Gasteiger charge is 2.39. The minimum absolute atomic E-state index is 0.630. The number of ether oxygens (including phenoxy) is 1. The predicted octanol–water partition coefficient (Wildman–Crippen LogP) is 1.16. The third kappa shape index (κ3) is 1.28. The van der Waals surface area contributed by atoms with E-state index in [1.54, 1.807) is 13.3 Å². The molecular weight excluding hydrogens is 140 g/mol. The number of aromatic amines is 1. The largest absolute Gasteiger partial charge is 0.384 e. The van der Waals surface area contributed by atoms with Crippen molar-refractivity contribution in [2.75, 3.05) is 13.7 Å². The van der Waals surface area contributed by atoms with Crippen molar-refractivity contribution in [1.29, 1.82) is 0 Å². The summed E-state index contributed by atoms with van der Waals surface area (Å²) in [5.74, 6) is 2.45. The summed E-state index contributed by atoms with van der Waals surface area (Å²) < 4.78 is 5.05. The Hall–Kier alpha value is -0.830. The molecule has 2 rings (SSSR count). The topological polar surface area (TPSA) is 37.9 Å². The number of aromatic nitrogens is 2. The first-order chi connectivity index (χ1) is 5.42. The number of H-pyrrole nitrogens is 1. The van der Waals surface area contributed by atoms with Gasteiger partial charge in [0, 0.05) is 32.0 Å². The van der Waals surface area contributed by atoms with E-state index in [4.69, 9.17) is 4.74 Å². The maximum atomic E-state index is 5.05. The van der Waals surface area contributed by atoms with Gasteiger partial charge in [-0.25, -0.2) is 4.98 Å². The molecule has 1 saturated carbocycles. The van der Waals surface area contributed by atoms with E-state index >= 15 is 0 Å². The lowest BCUT2D eigenvalue weighted by atomic mass is 10.3. The highest BCUT2D eigenvalue weighted by molar-refractivity contribution is 5.09. The molecule has 0 radical (unpaired) electrons. The highest BCUT2D eigenvalue weighted by atomic mass is 16.5. The second kappa shape index (κ2) is 2.66. The molecule has 60 valence electrons. The predicted molar refractivity (Wildman–Crippen MR) is 41.3 cm³/mol. The van der Waals surface area contributed by atoms with Crippen LogP contribution in [0.3, 0.4) is 0 Å². The normalized spacial score (nSPS) is 28.8. The molecule has 1 aromatic rings. The number of hydrogen-bond acceptors (Lipinski definition) is 2. The third-order valence-corrected chi connectivity index (χ3v) is 2.17. The standard InChI is InChI=1S/C8H12N2O/c1-11-5-6-4-7(6)8-9-2-3-10-8/h2-3,6-7H,4-5H2,1H3,(H,9,10). The smallest absolute Gasteiger partial charge is 0.109 e. The van der Waals surface area contributed by atoms with E-state index in [2.05, 4.69) is 9.97 Å². The van der Waals surface area contributed by atoms with Crippen LogP contribution in [0, 0.1) is 5.92 Å². The van der Waals surface area contributed by atoms with Crippen LogP contribution in [0.1, 0.15) is 18.2 Å². The van der Waals surface area contributed by atoms with E-state index in [1.165, 1.54) is 6.42 Å². The first kappa shape index (κ1) is 6.85. The SMILES string of the molecule is COCC1CC1c1ncc[nH]1. The molecule has 1 fully saturated rings. The second-order valence-corrected chi connectivity index (χ2v) is 3.03. The van der Waals surface area contributed by atoms with E-state index < -0.39 is 0 Å². The summed E-state index contributed by atoms with van der Waals surface area (Å²) in [6.45, 7) is 0.866. The van der Waals surface area contributed by atoms with Gasteiger partial charge in [0.25, 0.3) is 0 Å². The van der Waals surface area contributed by atoms with Crippen molar-refractivity contribution in [2.24, 2.45) is 5.92 Å². The maximum absolute atomic E-state index is 5.05. The number of imidazole rings is 1. The van der Waals surface area contributed by atoms with E-state index in [1.807, 2.05) is 6.20 Å². The monoisotopic (exact) mass is 152 g/mol. The molecule has 0 saturated heterocycles. The van der Waals surface area contributed by atoms with E-state index in [9.17, 15) is 0 Å².